The van der Waals surface area contributed by atoms with Gasteiger partial charge in [0.2, 0.25) is 0 Å². The molecule has 1 aliphatic heterocycles. The molecule has 2 N–H and O–H groups in total. The van der Waals surface area contributed by atoms with Crippen LogP contribution in [0.1, 0.15) is 11.1 Å². The topological polar surface area (TPSA) is 35.2 Å². The monoisotopic (exact) mass is 177 g/mol. The zero-order chi connectivity index (χ0) is 9.26. The van der Waals surface area contributed by atoms with Crippen molar-refractivity contribution < 1.29 is 4.74 Å². The molecule has 13 heavy (non-hydrogen) atoms. The van der Waals surface area contributed by atoms with Crippen LogP contribution in [0.15, 0.2) is 18.2 Å². The van der Waals surface area contributed by atoms with Crippen molar-refractivity contribution in [3.8, 4) is 5.75 Å². The molecule has 1 aromatic carbocycles. The van der Waals surface area contributed by atoms with Gasteiger partial charge in [-0.15, -0.1) is 0 Å². The van der Waals surface area contributed by atoms with Crippen molar-refractivity contribution in [2.24, 2.45) is 11.7 Å². The highest BCUT2D eigenvalue weighted by atomic mass is 16.5. The molecule has 1 heterocycles. The van der Waals surface area contributed by atoms with Crippen molar-refractivity contribution >= 4 is 0 Å². The van der Waals surface area contributed by atoms with Gasteiger partial charge in [-0.3, -0.25) is 0 Å². The molecule has 1 atom stereocenters. The van der Waals surface area contributed by atoms with Crippen LogP contribution in [0.2, 0.25) is 0 Å². The molecular formula is C11H15NO. The fraction of sp³-hybridized carbons (Fsp3) is 0.455. The number of ether oxygens (including phenoxy) is 1. The first-order valence-corrected chi connectivity index (χ1v) is 4.72. The van der Waals surface area contributed by atoms with Gasteiger partial charge in [-0.1, -0.05) is 18.2 Å². The van der Waals surface area contributed by atoms with E-state index in [0.717, 1.165) is 18.8 Å². The van der Waals surface area contributed by atoms with Gasteiger partial charge in [-0.25, -0.2) is 0 Å². The van der Waals surface area contributed by atoms with Crippen LogP contribution < -0.4 is 10.5 Å². The van der Waals surface area contributed by atoms with E-state index in [4.69, 9.17) is 10.5 Å². The lowest BCUT2D eigenvalue weighted by Crippen LogP contribution is -2.27. The molecular weight excluding hydrogens is 162 g/mol. The standard InChI is InChI=1S/C11H15NO/c1-8-3-2-4-10-5-9(6-12)7-13-11(8)10/h2-4,9H,5-7,12H2,1H3. The number of para-hydroxylation sites is 1. The first kappa shape index (κ1) is 8.57. The number of hydrogen-bond acceptors (Lipinski definition) is 2. The zero-order valence-electron chi connectivity index (χ0n) is 7.92. The Bertz CT molecular complexity index is 309. The summed E-state index contributed by atoms with van der Waals surface area (Å²) in [6, 6.07) is 6.29. The molecule has 0 saturated heterocycles. The largest absolute Gasteiger partial charge is 0.493 e. The number of rotatable bonds is 1. The molecule has 0 amide bonds. The van der Waals surface area contributed by atoms with Crippen molar-refractivity contribution in [2.75, 3.05) is 13.2 Å². The average molecular weight is 177 g/mol. The van der Waals surface area contributed by atoms with Crippen molar-refractivity contribution in [1.29, 1.82) is 0 Å². The number of fused-ring (bicyclic) bond motifs is 1. The van der Waals surface area contributed by atoms with Gasteiger partial charge in [0.05, 0.1) is 6.61 Å². The average Bonchev–Trinajstić information content (AvgIpc) is 2.18. The van der Waals surface area contributed by atoms with Crippen LogP contribution in [0, 0.1) is 12.8 Å². The Hall–Kier alpha value is -1.02. The highest BCUT2D eigenvalue weighted by Gasteiger charge is 2.19. The first-order chi connectivity index (χ1) is 6.31. The summed E-state index contributed by atoms with van der Waals surface area (Å²) in [7, 11) is 0. The zero-order valence-corrected chi connectivity index (χ0v) is 7.92. The Labute approximate surface area is 78.7 Å². The van der Waals surface area contributed by atoms with Crippen LogP contribution in [0.25, 0.3) is 0 Å². The molecule has 0 fully saturated rings. The van der Waals surface area contributed by atoms with E-state index < -0.39 is 0 Å². The minimum absolute atomic E-state index is 0.495. The maximum absolute atomic E-state index is 5.68. The molecule has 1 aliphatic rings. The molecule has 2 nitrogen and oxygen atoms in total. The highest BCUT2D eigenvalue weighted by molar-refractivity contribution is 5.42. The molecule has 0 saturated carbocycles. The van der Waals surface area contributed by atoms with Crippen molar-refractivity contribution in [3.63, 3.8) is 0 Å². The van der Waals surface area contributed by atoms with Crippen molar-refractivity contribution in [1.82, 2.24) is 0 Å². The molecule has 70 valence electrons. The third-order valence-electron chi connectivity index (χ3n) is 2.60. The van der Waals surface area contributed by atoms with Gasteiger partial charge in [0, 0.05) is 5.92 Å². The maximum atomic E-state index is 5.68. The van der Waals surface area contributed by atoms with E-state index in [1.54, 1.807) is 0 Å². The predicted octanol–water partition coefficient (Wildman–Crippen LogP) is 1.50. The summed E-state index contributed by atoms with van der Waals surface area (Å²) in [5.74, 6) is 1.57. The number of nitrogens with two attached hydrogens (primary N) is 1. The summed E-state index contributed by atoms with van der Waals surface area (Å²) in [6.07, 6.45) is 1.06. The Kier molecular flexibility index (Phi) is 2.23. The lowest BCUT2D eigenvalue weighted by atomic mass is 9.95. The molecule has 0 aliphatic carbocycles. The fourth-order valence-electron chi connectivity index (χ4n) is 1.80. The summed E-state index contributed by atoms with van der Waals surface area (Å²) < 4.78 is 5.68. The normalized spacial score (nSPS) is 20.6. The summed E-state index contributed by atoms with van der Waals surface area (Å²) in [4.78, 5) is 0. The van der Waals surface area contributed by atoms with Gasteiger partial charge in [0.15, 0.2) is 0 Å². The minimum Gasteiger partial charge on any atom is -0.493 e. The van der Waals surface area contributed by atoms with E-state index in [0.29, 0.717) is 12.5 Å². The molecule has 2 rings (SSSR count). The van der Waals surface area contributed by atoms with Gasteiger partial charge in [0.1, 0.15) is 5.75 Å². The predicted molar refractivity (Wildman–Crippen MR) is 52.9 cm³/mol. The molecule has 0 spiro atoms. The summed E-state index contributed by atoms with van der Waals surface area (Å²) >= 11 is 0. The quantitative estimate of drug-likeness (QED) is 0.705. The molecule has 2 heteroatoms. The van der Waals surface area contributed by atoms with Crippen LogP contribution >= 0.6 is 0 Å². The third kappa shape index (κ3) is 1.54. The second kappa shape index (κ2) is 3.38. The molecule has 0 aromatic heterocycles. The Morgan fingerprint density at radius 1 is 1.54 bits per heavy atom. The van der Waals surface area contributed by atoms with Crippen LogP contribution in [-0.2, 0) is 6.42 Å². The second-order valence-corrected chi connectivity index (χ2v) is 3.68. The highest BCUT2D eigenvalue weighted by Crippen LogP contribution is 2.29. The Morgan fingerprint density at radius 2 is 2.38 bits per heavy atom. The SMILES string of the molecule is Cc1cccc2c1OCC(CN)C2. The molecule has 0 bridgehead atoms. The van der Waals surface area contributed by atoms with Crippen molar-refractivity contribution in [3.05, 3.63) is 29.3 Å². The molecule has 1 aromatic rings. The number of benzene rings is 1. The van der Waals surface area contributed by atoms with Crippen LogP contribution in [-0.4, -0.2) is 13.2 Å². The molecule has 1 unspecified atom stereocenters. The first-order valence-electron chi connectivity index (χ1n) is 4.72. The lowest BCUT2D eigenvalue weighted by Gasteiger charge is -2.25. The van der Waals surface area contributed by atoms with Crippen LogP contribution in [0.4, 0.5) is 0 Å². The van der Waals surface area contributed by atoms with E-state index >= 15 is 0 Å². The second-order valence-electron chi connectivity index (χ2n) is 3.68. The molecule has 0 radical (unpaired) electrons. The van der Waals surface area contributed by atoms with Gasteiger partial charge >= 0.3 is 0 Å². The smallest absolute Gasteiger partial charge is 0.125 e. The number of hydrogen-bond donors (Lipinski definition) is 1. The summed E-state index contributed by atoms with van der Waals surface area (Å²) in [5.41, 5.74) is 8.16. The van der Waals surface area contributed by atoms with Crippen LogP contribution in [0.5, 0.6) is 5.75 Å². The van der Waals surface area contributed by atoms with Gasteiger partial charge in [0.25, 0.3) is 0 Å². The van der Waals surface area contributed by atoms with E-state index in [1.807, 2.05) is 0 Å². The van der Waals surface area contributed by atoms with Gasteiger partial charge < -0.3 is 10.5 Å². The van der Waals surface area contributed by atoms with Gasteiger partial charge in [-0.2, -0.15) is 0 Å². The fourth-order valence-corrected chi connectivity index (χ4v) is 1.80. The maximum Gasteiger partial charge on any atom is 0.125 e. The Morgan fingerprint density at radius 3 is 3.15 bits per heavy atom. The van der Waals surface area contributed by atoms with E-state index in [-0.39, 0.29) is 0 Å². The number of aryl methyl sites for hydroxylation is 1. The van der Waals surface area contributed by atoms with E-state index in [9.17, 15) is 0 Å². The third-order valence-corrected chi connectivity index (χ3v) is 2.60. The summed E-state index contributed by atoms with van der Waals surface area (Å²) in [5, 5.41) is 0. The van der Waals surface area contributed by atoms with Gasteiger partial charge in [-0.05, 0) is 31.0 Å². The van der Waals surface area contributed by atoms with Crippen LogP contribution in [0.3, 0.4) is 0 Å². The Balaban J connectivity index is 2.31. The van der Waals surface area contributed by atoms with E-state index in [2.05, 4.69) is 25.1 Å². The minimum atomic E-state index is 0.495. The van der Waals surface area contributed by atoms with Crippen molar-refractivity contribution in [2.45, 2.75) is 13.3 Å². The summed E-state index contributed by atoms with van der Waals surface area (Å²) in [6.45, 7) is 3.57. The van der Waals surface area contributed by atoms with E-state index in [1.165, 1.54) is 11.1 Å². The lowest BCUT2D eigenvalue weighted by molar-refractivity contribution is 0.225.